The number of ether oxygens (including phenoxy) is 2. The van der Waals surface area contributed by atoms with Gasteiger partial charge in [0.25, 0.3) is 5.91 Å². The van der Waals surface area contributed by atoms with E-state index in [0.29, 0.717) is 11.4 Å². The molecular weight excluding hydrogens is 302 g/mol. The van der Waals surface area contributed by atoms with E-state index < -0.39 is 29.7 Å². The molecule has 2 atom stereocenters. The van der Waals surface area contributed by atoms with Crippen LogP contribution in [0.15, 0.2) is 29.4 Å². The van der Waals surface area contributed by atoms with Crippen LogP contribution in [0.3, 0.4) is 0 Å². The third kappa shape index (κ3) is 2.32. The number of nitrogens with one attached hydrogen (secondary N) is 1. The van der Waals surface area contributed by atoms with Crippen LogP contribution in [0.25, 0.3) is 0 Å². The van der Waals surface area contributed by atoms with Gasteiger partial charge in [0.1, 0.15) is 17.7 Å². The number of amides is 2. The average Bonchev–Trinajstić information content (AvgIpc) is 3.09. The molecule has 0 saturated carbocycles. The van der Waals surface area contributed by atoms with E-state index in [1.165, 1.54) is 7.11 Å². The first kappa shape index (κ1) is 15.0. The predicted octanol–water partition coefficient (Wildman–Crippen LogP) is 0.0755. The molecule has 3 rings (SSSR count). The SMILES string of the molecule is CCOC(=O)C1=NN[C@H]2C(=O)N(c3ccc(OC)cc3)C(=O)[C@@H]12. The number of rotatable bonds is 4. The fourth-order valence-electron chi connectivity index (χ4n) is 2.65. The lowest BCUT2D eigenvalue weighted by molar-refractivity contribution is -0.136. The maximum absolute atomic E-state index is 12.6. The van der Waals surface area contributed by atoms with E-state index in [9.17, 15) is 14.4 Å². The normalized spacial score (nSPS) is 22.5. The molecular formula is C15H15N3O5. The first-order chi connectivity index (χ1) is 11.1. The Hall–Kier alpha value is -2.90. The molecule has 0 unspecified atom stereocenters. The maximum Gasteiger partial charge on any atom is 0.355 e. The highest BCUT2D eigenvalue weighted by atomic mass is 16.5. The minimum absolute atomic E-state index is 0.0637. The van der Waals surface area contributed by atoms with Gasteiger partial charge < -0.3 is 9.47 Å². The molecule has 2 amide bonds. The number of hydrogen-bond acceptors (Lipinski definition) is 7. The largest absolute Gasteiger partial charge is 0.497 e. The number of hydrazone groups is 1. The molecule has 1 N–H and O–H groups in total. The number of hydrogen-bond donors (Lipinski definition) is 1. The van der Waals surface area contributed by atoms with Gasteiger partial charge in [-0.25, -0.2) is 9.69 Å². The van der Waals surface area contributed by atoms with E-state index in [2.05, 4.69) is 10.5 Å². The van der Waals surface area contributed by atoms with Gasteiger partial charge in [0.15, 0.2) is 5.71 Å². The molecule has 1 saturated heterocycles. The van der Waals surface area contributed by atoms with Crippen LogP contribution in [-0.2, 0) is 19.1 Å². The minimum Gasteiger partial charge on any atom is -0.497 e. The standard InChI is InChI=1S/C15H15N3O5/c1-3-23-15(21)12-10-11(16-17-12)14(20)18(13(10)19)8-4-6-9(22-2)7-5-8/h4-7,10-11,16H,3H2,1-2H3/t10-,11-/m1/s1. The van der Waals surface area contributed by atoms with Gasteiger partial charge in [0, 0.05) is 0 Å². The van der Waals surface area contributed by atoms with Crippen LogP contribution in [-0.4, -0.2) is 43.3 Å². The molecule has 0 aromatic heterocycles. The summed E-state index contributed by atoms with van der Waals surface area (Å²) >= 11 is 0. The molecule has 8 heteroatoms. The summed E-state index contributed by atoms with van der Waals surface area (Å²) in [6.45, 7) is 1.82. The van der Waals surface area contributed by atoms with Crippen molar-refractivity contribution in [2.75, 3.05) is 18.6 Å². The van der Waals surface area contributed by atoms with Crippen LogP contribution in [0.4, 0.5) is 5.69 Å². The molecule has 1 aromatic rings. The van der Waals surface area contributed by atoms with Gasteiger partial charge in [-0.15, -0.1) is 0 Å². The number of anilines is 1. The first-order valence-corrected chi connectivity index (χ1v) is 7.10. The van der Waals surface area contributed by atoms with Gasteiger partial charge in [-0.2, -0.15) is 5.10 Å². The summed E-state index contributed by atoms with van der Waals surface area (Å²) in [6.07, 6.45) is 0. The summed E-state index contributed by atoms with van der Waals surface area (Å²) in [6, 6.07) is 5.65. The molecule has 120 valence electrons. The van der Waals surface area contributed by atoms with E-state index in [0.717, 1.165) is 4.90 Å². The van der Waals surface area contributed by atoms with Crippen molar-refractivity contribution in [1.82, 2.24) is 5.43 Å². The molecule has 1 aromatic carbocycles. The van der Waals surface area contributed by atoms with Gasteiger partial charge in [-0.3, -0.25) is 15.0 Å². The molecule has 0 bridgehead atoms. The zero-order valence-electron chi connectivity index (χ0n) is 12.6. The van der Waals surface area contributed by atoms with Crippen molar-refractivity contribution in [2.45, 2.75) is 13.0 Å². The zero-order chi connectivity index (χ0) is 16.6. The fourth-order valence-corrected chi connectivity index (χ4v) is 2.65. The number of nitrogens with zero attached hydrogens (tertiary/aromatic N) is 2. The van der Waals surface area contributed by atoms with Crippen molar-refractivity contribution in [2.24, 2.45) is 11.0 Å². The Morgan fingerprint density at radius 2 is 1.96 bits per heavy atom. The Balaban J connectivity index is 1.88. The number of esters is 1. The highest BCUT2D eigenvalue weighted by Crippen LogP contribution is 2.31. The zero-order valence-corrected chi connectivity index (χ0v) is 12.6. The number of methoxy groups -OCH3 is 1. The molecule has 2 aliphatic rings. The van der Waals surface area contributed by atoms with Gasteiger partial charge in [-0.1, -0.05) is 0 Å². The van der Waals surface area contributed by atoms with Crippen LogP contribution in [0.5, 0.6) is 5.75 Å². The number of carbonyl (C=O) groups is 3. The van der Waals surface area contributed by atoms with Crippen LogP contribution in [0.1, 0.15) is 6.92 Å². The lowest BCUT2D eigenvalue weighted by atomic mass is 9.99. The lowest BCUT2D eigenvalue weighted by Gasteiger charge is -2.16. The van der Waals surface area contributed by atoms with Crippen LogP contribution in [0, 0.1) is 5.92 Å². The Bertz CT molecular complexity index is 698. The van der Waals surface area contributed by atoms with Gasteiger partial charge >= 0.3 is 5.97 Å². The molecule has 0 spiro atoms. The highest BCUT2D eigenvalue weighted by molar-refractivity contribution is 6.46. The van der Waals surface area contributed by atoms with Crippen LogP contribution >= 0.6 is 0 Å². The molecule has 0 radical (unpaired) electrons. The molecule has 23 heavy (non-hydrogen) atoms. The highest BCUT2D eigenvalue weighted by Gasteiger charge is 2.55. The van der Waals surface area contributed by atoms with Gasteiger partial charge in [0.05, 0.1) is 19.4 Å². The van der Waals surface area contributed by atoms with E-state index in [4.69, 9.17) is 9.47 Å². The molecule has 0 aliphatic carbocycles. The van der Waals surface area contributed by atoms with E-state index in [1.807, 2.05) is 0 Å². The topological polar surface area (TPSA) is 97.3 Å². The lowest BCUT2D eigenvalue weighted by Crippen LogP contribution is -2.36. The predicted molar refractivity (Wildman–Crippen MR) is 80.0 cm³/mol. The summed E-state index contributed by atoms with van der Waals surface area (Å²) < 4.78 is 9.93. The molecule has 1 fully saturated rings. The smallest absolute Gasteiger partial charge is 0.355 e. The second-order valence-electron chi connectivity index (χ2n) is 5.01. The number of carbonyl (C=O) groups excluding carboxylic acids is 3. The summed E-state index contributed by atoms with van der Waals surface area (Å²) in [5.74, 6) is -1.98. The van der Waals surface area contributed by atoms with Gasteiger partial charge in [0.2, 0.25) is 5.91 Å². The number of benzene rings is 1. The second kappa shape index (κ2) is 5.71. The van der Waals surface area contributed by atoms with E-state index in [1.54, 1.807) is 31.2 Å². The van der Waals surface area contributed by atoms with Crippen molar-refractivity contribution in [3.05, 3.63) is 24.3 Å². The van der Waals surface area contributed by atoms with Crippen LogP contribution in [0.2, 0.25) is 0 Å². The van der Waals surface area contributed by atoms with E-state index >= 15 is 0 Å². The third-order valence-corrected chi connectivity index (χ3v) is 3.74. The van der Waals surface area contributed by atoms with Gasteiger partial charge in [-0.05, 0) is 31.2 Å². The molecule has 2 heterocycles. The summed E-state index contributed by atoms with van der Waals surface area (Å²) in [7, 11) is 1.53. The third-order valence-electron chi connectivity index (χ3n) is 3.74. The quantitative estimate of drug-likeness (QED) is 0.624. The fraction of sp³-hybridized carbons (Fsp3) is 0.333. The number of imide groups is 1. The van der Waals surface area contributed by atoms with Crippen molar-refractivity contribution in [3.8, 4) is 5.75 Å². The van der Waals surface area contributed by atoms with Crippen molar-refractivity contribution < 1.29 is 23.9 Å². The number of fused-ring (bicyclic) bond motifs is 1. The van der Waals surface area contributed by atoms with Crippen molar-refractivity contribution >= 4 is 29.2 Å². The minimum atomic E-state index is -0.955. The Labute approximate surface area is 132 Å². The monoisotopic (exact) mass is 317 g/mol. The average molecular weight is 317 g/mol. The Morgan fingerprint density at radius 3 is 2.57 bits per heavy atom. The summed E-state index contributed by atoms with van der Waals surface area (Å²) in [5.41, 5.74) is 2.91. The second-order valence-corrected chi connectivity index (χ2v) is 5.01. The van der Waals surface area contributed by atoms with Crippen molar-refractivity contribution in [3.63, 3.8) is 0 Å². The Kier molecular flexibility index (Phi) is 3.73. The first-order valence-electron chi connectivity index (χ1n) is 7.10. The summed E-state index contributed by atoms with van der Waals surface area (Å²) in [4.78, 5) is 38.0. The maximum atomic E-state index is 12.6. The van der Waals surface area contributed by atoms with E-state index in [-0.39, 0.29) is 12.3 Å². The molecule has 8 nitrogen and oxygen atoms in total. The van der Waals surface area contributed by atoms with Crippen LogP contribution < -0.4 is 15.1 Å². The Morgan fingerprint density at radius 1 is 1.26 bits per heavy atom. The van der Waals surface area contributed by atoms with Crippen molar-refractivity contribution in [1.29, 1.82) is 0 Å². The summed E-state index contributed by atoms with van der Waals surface area (Å²) in [5, 5.41) is 3.80. The molecule has 2 aliphatic heterocycles.